The smallest absolute Gasteiger partial charge is 0.130 e. The number of carbonyl (C=O) groups excluding carboxylic acids is 1. The van der Waals surface area contributed by atoms with Gasteiger partial charge in [0.15, 0.2) is 0 Å². The highest BCUT2D eigenvalue weighted by Gasteiger charge is 2.00. The Balaban J connectivity index is 2.71. The molecule has 0 spiro atoms. The van der Waals surface area contributed by atoms with E-state index >= 15 is 0 Å². The number of hydrogen-bond acceptors (Lipinski definition) is 2. The average molecular weight is 199 g/mol. The van der Waals surface area contributed by atoms with Gasteiger partial charge in [0.2, 0.25) is 0 Å². The lowest BCUT2D eigenvalue weighted by Gasteiger charge is -2.01. The maximum Gasteiger partial charge on any atom is 0.130 e. The van der Waals surface area contributed by atoms with E-state index in [9.17, 15) is 9.90 Å². The fraction of sp³-hybridized carbons (Fsp3) is 0.300. The highest BCUT2D eigenvalue weighted by Crippen LogP contribution is 2.20. The number of halogens is 1. The van der Waals surface area contributed by atoms with E-state index in [1.165, 1.54) is 6.07 Å². The SMILES string of the molecule is CC(=O)CCc1cc(O)cc(Cl)c1. The topological polar surface area (TPSA) is 37.3 Å². The minimum atomic E-state index is 0.138. The van der Waals surface area contributed by atoms with Crippen molar-refractivity contribution < 1.29 is 9.90 Å². The Morgan fingerprint density at radius 2 is 2.15 bits per heavy atom. The molecule has 0 atom stereocenters. The van der Waals surface area contributed by atoms with Crippen LogP contribution in [-0.2, 0) is 11.2 Å². The predicted molar refractivity (Wildman–Crippen MR) is 52.1 cm³/mol. The maximum atomic E-state index is 10.7. The van der Waals surface area contributed by atoms with Crippen LogP contribution in [0.3, 0.4) is 0 Å². The molecule has 3 heteroatoms. The van der Waals surface area contributed by atoms with Crippen LogP contribution in [0, 0.1) is 0 Å². The number of hydrogen-bond donors (Lipinski definition) is 1. The molecule has 0 fully saturated rings. The molecule has 0 saturated heterocycles. The molecule has 0 radical (unpaired) electrons. The highest BCUT2D eigenvalue weighted by molar-refractivity contribution is 6.30. The summed E-state index contributed by atoms with van der Waals surface area (Å²) in [5, 5.41) is 9.69. The molecule has 0 aliphatic rings. The number of benzene rings is 1. The maximum absolute atomic E-state index is 10.7. The van der Waals surface area contributed by atoms with Gasteiger partial charge in [0.05, 0.1) is 0 Å². The third kappa shape index (κ3) is 3.47. The van der Waals surface area contributed by atoms with E-state index in [4.69, 9.17) is 11.6 Å². The number of rotatable bonds is 3. The van der Waals surface area contributed by atoms with Crippen LogP contribution in [-0.4, -0.2) is 10.9 Å². The molecule has 0 unspecified atom stereocenters. The Morgan fingerprint density at radius 1 is 1.46 bits per heavy atom. The van der Waals surface area contributed by atoms with E-state index in [1.54, 1.807) is 19.1 Å². The van der Waals surface area contributed by atoms with Crippen molar-refractivity contribution in [2.24, 2.45) is 0 Å². The largest absolute Gasteiger partial charge is 0.508 e. The first kappa shape index (κ1) is 10.1. The summed E-state index contributed by atoms with van der Waals surface area (Å²) < 4.78 is 0. The van der Waals surface area contributed by atoms with Gasteiger partial charge in [-0.1, -0.05) is 11.6 Å². The molecule has 1 aromatic carbocycles. The number of aryl methyl sites for hydroxylation is 1. The van der Waals surface area contributed by atoms with Crippen LogP contribution >= 0.6 is 11.6 Å². The van der Waals surface area contributed by atoms with Crippen molar-refractivity contribution in [1.82, 2.24) is 0 Å². The van der Waals surface area contributed by atoms with Crippen LogP contribution in [0.2, 0.25) is 5.02 Å². The molecule has 0 aliphatic carbocycles. The van der Waals surface area contributed by atoms with Gasteiger partial charge < -0.3 is 9.90 Å². The molecule has 0 amide bonds. The molecule has 1 N–H and O–H groups in total. The first-order valence-corrected chi connectivity index (χ1v) is 4.43. The fourth-order valence-corrected chi connectivity index (χ4v) is 1.35. The van der Waals surface area contributed by atoms with Gasteiger partial charge in [-0.3, -0.25) is 0 Å². The monoisotopic (exact) mass is 198 g/mol. The van der Waals surface area contributed by atoms with Gasteiger partial charge in [0, 0.05) is 11.4 Å². The summed E-state index contributed by atoms with van der Waals surface area (Å²) in [4.78, 5) is 10.7. The van der Waals surface area contributed by atoms with Gasteiger partial charge in [-0.25, -0.2) is 0 Å². The van der Waals surface area contributed by atoms with Crippen molar-refractivity contribution in [3.63, 3.8) is 0 Å². The van der Waals surface area contributed by atoms with E-state index in [2.05, 4.69) is 0 Å². The quantitative estimate of drug-likeness (QED) is 0.811. The molecule has 0 aliphatic heterocycles. The van der Waals surface area contributed by atoms with Crippen molar-refractivity contribution in [2.45, 2.75) is 19.8 Å². The van der Waals surface area contributed by atoms with Gasteiger partial charge in [-0.15, -0.1) is 0 Å². The molecule has 0 bridgehead atoms. The standard InChI is InChI=1S/C10H11ClO2/c1-7(12)2-3-8-4-9(11)6-10(13)5-8/h4-6,13H,2-3H2,1H3. The molecule has 0 heterocycles. The van der Waals surface area contributed by atoms with E-state index < -0.39 is 0 Å². The Labute approximate surface area is 82.2 Å². The van der Waals surface area contributed by atoms with Crippen molar-refractivity contribution in [2.75, 3.05) is 0 Å². The Morgan fingerprint density at radius 3 is 2.69 bits per heavy atom. The van der Waals surface area contributed by atoms with Gasteiger partial charge >= 0.3 is 0 Å². The molecular formula is C10H11ClO2. The second kappa shape index (κ2) is 4.28. The zero-order valence-corrected chi connectivity index (χ0v) is 8.14. The summed E-state index contributed by atoms with van der Waals surface area (Å²) in [6.45, 7) is 1.55. The van der Waals surface area contributed by atoms with Crippen LogP contribution in [0.5, 0.6) is 5.75 Å². The van der Waals surface area contributed by atoms with Gasteiger partial charge in [0.25, 0.3) is 0 Å². The molecule has 70 valence electrons. The zero-order chi connectivity index (χ0) is 9.84. The first-order chi connectivity index (χ1) is 6.08. The summed E-state index contributed by atoms with van der Waals surface area (Å²) >= 11 is 5.72. The predicted octanol–water partition coefficient (Wildman–Crippen LogP) is 2.57. The summed E-state index contributed by atoms with van der Waals surface area (Å²) in [5.41, 5.74) is 0.889. The Bertz CT molecular complexity index is 300. The van der Waals surface area contributed by atoms with Crippen LogP contribution < -0.4 is 0 Å². The molecule has 1 rings (SSSR count). The number of carbonyl (C=O) groups is 1. The second-order valence-corrected chi connectivity index (χ2v) is 3.46. The van der Waals surface area contributed by atoms with Crippen molar-refractivity contribution in [1.29, 1.82) is 0 Å². The van der Waals surface area contributed by atoms with Crippen molar-refractivity contribution in [3.8, 4) is 5.75 Å². The molecule has 2 nitrogen and oxygen atoms in total. The molecular weight excluding hydrogens is 188 g/mol. The second-order valence-electron chi connectivity index (χ2n) is 3.02. The summed E-state index contributed by atoms with van der Waals surface area (Å²) in [7, 11) is 0. The van der Waals surface area contributed by atoms with E-state index in [1.807, 2.05) is 0 Å². The van der Waals surface area contributed by atoms with Crippen molar-refractivity contribution >= 4 is 17.4 Å². The van der Waals surface area contributed by atoms with Gasteiger partial charge in [0.1, 0.15) is 11.5 Å². The summed E-state index contributed by atoms with van der Waals surface area (Å²) in [6, 6.07) is 4.85. The number of phenolic OH excluding ortho intramolecular Hbond substituents is 1. The Hall–Kier alpha value is -1.02. The van der Waals surface area contributed by atoms with Gasteiger partial charge in [-0.05, 0) is 37.1 Å². The summed E-state index contributed by atoms with van der Waals surface area (Å²) in [6.07, 6.45) is 1.11. The van der Waals surface area contributed by atoms with Crippen molar-refractivity contribution in [3.05, 3.63) is 28.8 Å². The van der Waals surface area contributed by atoms with Crippen LogP contribution in [0.4, 0.5) is 0 Å². The van der Waals surface area contributed by atoms with Crippen LogP contribution in [0.25, 0.3) is 0 Å². The minimum absolute atomic E-state index is 0.138. The highest BCUT2D eigenvalue weighted by atomic mass is 35.5. The Kier molecular flexibility index (Phi) is 3.32. The molecule has 13 heavy (non-hydrogen) atoms. The van der Waals surface area contributed by atoms with E-state index in [-0.39, 0.29) is 11.5 Å². The number of Topliss-reactive ketones (excluding diaryl/α,β-unsaturated/α-hetero) is 1. The molecule has 0 aromatic heterocycles. The first-order valence-electron chi connectivity index (χ1n) is 4.06. The third-order valence-electron chi connectivity index (χ3n) is 1.71. The fourth-order valence-electron chi connectivity index (χ4n) is 1.10. The molecule has 1 aromatic rings. The van der Waals surface area contributed by atoms with Gasteiger partial charge in [-0.2, -0.15) is 0 Å². The lowest BCUT2D eigenvalue weighted by Crippen LogP contribution is -1.93. The minimum Gasteiger partial charge on any atom is -0.508 e. The number of ketones is 1. The number of phenols is 1. The molecule has 0 saturated carbocycles. The van der Waals surface area contributed by atoms with Crippen LogP contribution in [0.15, 0.2) is 18.2 Å². The third-order valence-corrected chi connectivity index (χ3v) is 1.93. The van der Waals surface area contributed by atoms with Crippen LogP contribution in [0.1, 0.15) is 18.9 Å². The average Bonchev–Trinajstić information content (AvgIpc) is 1.99. The normalized spacial score (nSPS) is 10.0. The van der Waals surface area contributed by atoms with E-state index in [0.717, 1.165) is 5.56 Å². The van der Waals surface area contributed by atoms with E-state index in [0.29, 0.717) is 17.9 Å². The number of aromatic hydroxyl groups is 1. The summed E-state index contributed by atoms with van der Waals surface area (Å²) in [5.74, 6) is 0.283. The lowest BCUT2D eigenvalue weighted by molar-refractivity contribution is -0.116. The lowest BCUT2D eigenvalue weighted by atomic mass is 10.1. The zero-order valence-electron chi connectivity index (χ0n) is 7.38.